The second-order valence-electron chi connectivity index (χ2n) is 10.7. The van der Waals surface area contributed by atoms with E-state index >= 15 is 0 Å². The number of benzene rings is 1. The molecule has 4 rings (SSSR count). The van der Waals surface area contributed by atoms with E-state index in [1.54, 1.807) is 38.1 Å². The van der Waals surface area contributed by atoms with Gasteiger partial charge in [0.25, 0.3) is 0 Å². The quantitative estimate of drug-likeness (QED) is 0.0861. The highest BCUT2D eigenvalue weighted by molar-refractivity contribution is 6.30. The highest BCUT2D eigenvalue weighted by atomic mass is 35.5. The highest BCUT2D eigenvalue weighted by Gasteiger charge is 2.36. The molecule has 0 aliphatic carbocycles. The Morgan fingerprint density at radius 1 is 1.02 bits per heavy atom. The Balaban J connectivity index is 1.50. The van der Waals surface area contributed by atoms with Crippen LogP contribution in [0.25, 0.3) is 5.65 Å². The van der Waals surface area contributed by atoms with Gasteiger partial charge in [-0.05, 0) is 42.9 Å². The predicted molar refractivity (Wildman–Crippen MR) is 151 cm³/mol. The molecule has 1 aromatic carbocycles. The van der Waals surface area contributed by atoms with E-state index < -0.39 is 35.6 Å². The molecule has 0 bridgehead atoms. The van der Waals surface area contributed by atoms with Crippen molar-refractivity contribution in [1.82, 2.24) is 14.4 Å². The molecule has 0 N–H and O–H groups in total. The van der Waals surface area contributed by atoms with Gasteiger partial charge in [0.1, 0.15) is 30.4 Å². The molecule has 3 heterocycles. The van der Waals surface area contributed by atoms with Crippen LogP contribution in [0.4, 0.5) is 17.6 Å². The number of Topliss-reactive ketones (excluding diaryl/α,β-unsaturated/α-hetero) is 1. The molecular formula is C31H30ClF4N3O4. The lowest BCUT2D eigenvalue weighted by atomic mass is 9.77. The summed E-state index contributed by atoms with van der Waals surface area (Å²) in [6.07, 6.45) is -3.43. The molecule has 0 aliphatic heterocycles. The van der Waals surface area contributed by atoms with Gasteiger partial charge in [0.2, 0.25) is 0 Å². The number of carbonyl (C=O) groups excluding carboxylic acids is 2. The maximum Gasteiger partial charge on any atom is 0.389 e. The van der Waals surface area contributed by atoms with Gasteiger partial charge in [-0.1, -0.05) is 48.9 Å². The van der Waals surface area contributed by atoms with Gasteiger partial charge in [-0.25, -0.2) is 9.37 Å². The van der Waals surface area contributed by atoms with E-state index in [-0.39, 0.29) is 66.7 Å². The van der Waals surface area contributed by atoms with Crippen LogP contribution >= 0.6 is 11.6 Å². The number of aryl methyl sites for hydroxylation is 1. The largest absolute Gasteiger partial charge is 0.483 e. The number of hydrogen-bond acceptors (Lipinski definition) is 6. The Kier molecular flexibility index (Phi) is 10.1. The van der Waals surface area contributed by atoms with Crippen molar-refractivity contribution in [3.63, 3.8) is 0 Å². The molecule has 228 valence electrons. The van der Waals surface area contributed by atoms with Crippen LogP contribution in [-0.2, 0) is 22.7 Å². The molecule has 3 aromatic heterocycles. The van der Waals surface area contributed by atoms with E-state index in [9.17, 15) is 27.2 Å². The number of ether oxygens (including phenoxy) is 2. The maximum absolute atomic E-state index is 14.0. The van der Waals surface area contributed by atoms with Gasteiger partial charge in [0.05, 0.1) is 17.1 Å². The van der Waals surface area contributed by atoms with Crippen LogP contribution in [0.15, 0.2) is 60.9 Å². The van der Waals surface area contributed by atoms with E-state index in [0.29, 0.717) is 5.69 Å². The molecule has 1 unspecified atom stereocenters. The molecule has 4 aromatic rings. The van der Waals surface area contributed by atoms with Crippen LogP contribution in [0.1, 0.15) is 66.5 Å². The summed E-state index contributed by atoms with van der Waals surface area (Å²) in [7, 11) is 0. The third kappa shape index (κ3) is 8.76. The first-order valence-corrected chi connectivity index (χ1v) is 13.9. The molecule has 1 atom stereocenters. The lowest BCUT2D eigenvalue weighted by Gasteiger charge is -2.29. The Hall–Kier alpha value is -3.99. The first kappa shape index (κ1) is 31.9. The topological polar surface area (TPSA) is 82.8 Å². The van der Waals surface area contributed by atoms with Gasteiger partial charge in [-0.15, -0.1) is 0 Å². The fourth-order valence-electron chi connectivity index (χ4n) is 4.73. The SMILES string of the molecule is Cc1nc2c(OCc3ncccc3F)cc(Cl)cn2c1C(=O)CCC(C)(CCC(F)(F)F)CC(=O)OCc1ccccc1. The molecule has 0 spiro atoms. The number of aromatic nitrogens is 3. The van der Waals surface area contributed by atoms with E-state index in [0.717, 1.165) is 5.56 Å². The van der Waals surface area contributed by atoms with Gasteiger partial charge in [0, 0.05) is 31.3 Å². The van der Waals surface area contributed by atoms with Crippen LogP contribution in [0.5, 0.6) is 5.75 Å². The predicted octanol–water partition coefficient (Wildman–Crippen LogP) is 7.85. The van der Waals surface area contributed by atoms with E-state index in [4.69, 9.17) is 21.1 Å². The molecule has 0 amide bonds. The first-order chi connectivity index (χ1) is 20.3. The standard InChI is InChI=1S/C31H30ClF4N3O4/c1-20-28(39-17-22(32)15-26(29(39)38-20)42-19-24-23(33)9-6-14-37-24)25(40)10-11-30(2,12-13-31(34,35)36)16-27(41)43-18-21-7-4-3-5-8-21/h3-9,14-15,17H,10-13,16,18-19H2,1-2H3. The molecule has 0 aliphatic rings. The van der Waals surface area contributed by atoms with Gasteiger partial charge < -0.3 is 9.47 Å². The van der Waals surface area contributed by atoms with Crippen molar-refractivity contribution in [3.8, 4) is 5.75 Å². The number of alkyl halides is 3. The minimum atomic E-state index is -4.43. The lowest BCUT2D eigenvalue weighted by Crippen LogP contribution is -2.26. The van der Waals surface area contributed by atoms with Gasteiger partial charge >= 0.3 is 12.1 Å². The zero-order valence-electron chi connectivity index (χ0n) is 23.6. The minimum absolute atomic E-state index is 0.00208. The van der Waals surface area contributed by atoms with E-state index in [2.05, 4.69) is 9.97 Å². The zero-order chi connectivity index (χ0) is 31.2. The summed E-state index contributed by atoms with van der Waals surface area (Å²) < 4.78 is 66.1. The Bertz CT molecular complexity index is 1590. The first-order valence-electron chi connectivity index (χ1n) is 13.5. The minimum Gasteiger partial charge on any atom is -0.483 e. The molecule has 0 saturated heterocycles. The monoisotopic (exact) mass is 619 g/mol. The summed E-state index contributed by atoms with van der Waals surface area (Å²) in [6.45, 7) is 2.94. The van der Waals surface area contributed by atoms with E-state index in [1.165, 1.54) is 35.0 Å². The molecular weight excluding hydrogens is 590 g/mol. The number of fused-ring (bicyclic) bond motifs is 1. The van der Waals surface area contributed by atoms with E-state index in [1.807, 2.05) is 6.07 Å². The third-order valence-electron chi connectivity index (χ3n) is 7.07. The fraction of sp³-hybridized carbons (Fsp3) is 0.355. The summed E-state index contributed by atoms with van der Waals surface area (Å²) in [5, 5.41) is 0.214. The van der Waals surface area contributed by atoms with Crippen molar-refractivity contribution in [3.05, 3.63) is 94.4 Å². The second kappa shape index (κ2) is 13.5. The average Bonchev–Trinajstić information content (AvgIpc) is 3.29. The summed E-state index contributed by atoms with van der Waals surface area (Å²) >= 11 is 6.30. The number of ketones is 1. The van der Waals surface area contributed by atoms with Crippen LogP contribution in [0, 0.1) is 18.2 Å². The van der Waals surface area contributed by atoms with Gasteiger partial charge in [-0.2, -0.15) is 13.2 Å². The number of carbonyl (C=O) groups is 2. The van der Waals surface area contributed by atoms with Crippen molar-refractivity contribution in [2.24, 2.45) is 5.41 Å². The van der Waals surface area contributed by atoms with Crippen molar-refractivity contribution < 1.29 is 36.6 Å². The van der Waals surface area contributed by atoms with Crippen molar-refractivity contribution >= 4 is 29.0 Å². The molecule has 7 nitrogen and oxygen atoms in total. The van der Waals surface area contributed by atoms with Gasteiger partial charge in [0.15, 0.2) is 17.2 Å². The highest BCUT2D eigenvalue weighted by Crippen LogP contribution is 2.38. The molecule has 12 heteroatoms. The summed E-state index contributed by atoms with van der Waals surface area (Å²) in [6, 6.07) is 13.1. The van der Waals surface area contributed by atoms with Crippen molar-refractivity contribution in [1.29, 1.82) is 0 Å². The normalized spacial score (nSPS) is 13.1. The lowest BCUT2D eigenvalue weighted by molar-refractivity contribution is -0.152. The van der Waals surface area contributed by atoms with Crippen LogP contribution < -0.4 is 4.74 Å². The second-order valence-corrected chi connectivity index (χ2v) is 11.1. The number of hydrogen-bond donors (Lipinski definition) is 0. The van der Waals surface area contributed by atoms with Crippen LogP contribution in [-0.4, -0.2) is 32.3 Å². The summed E-state index contributed by atoms with van der Waals surface area (Å²) in [5.74, 6) is -1.40. The Labute approximate surface area is 250 Å². The average molecular weight is 620 g/mol. The number of nitrogens with zero attached hydrogens (tertiary/aromatic N) is 3. The zero-order valence-corrected chi connectivity index (χ0v) is 24.3. The van der Waals surface area contributed by atoms with Crippen molar-refractivity contribution in [2.45, 2.75) is 65.3 Å². The Morgan fingerprint density at radius 2 is 1.77 bits per heavy atom. The number of esters is 1. The molecule has 0 fully saturated rings. The van der Waals surface area contributed by atoms with Crippen LogP contribution in [0.2, 0.25) is 5.02 Å². The third-order valence-corrected chi connectivity index (χ3v) is 7.28. The molecule has 0 radical (unpaired) electrons. The summed E-state index contributed by atoms with van der Waals surface area (Å²) in [5.41, 5.74) is 0.438. The molecule has 0 saturated carbocycles. The summed E-state index contributed by atoms with van der Waals surface area (Å²) in [4.78, 5) is 34.5. The number of pyridine rings is 2. The number of rotatable bonds is 13. The smallest absolute Gasteiger partial charge is 0.389 e. The van der Waals surface area contributed by atoms with Crippen molar-refractivity contribution in [2.75, 3.05) is 0 Å². The molecule has 43 heavy (non-hydrogen) atoms. The maximum atomic E-state index is 14.0. The Morgan fingerprint density at radius 3 is 2.47 bits per heavy atom. The van der Waals surface area contributed by atoms with Crippen LogP contribution in [0.3, 0.4) is 0 Å². The number of imidazole rings is 1. The van der Waals surface area contributed by atoms with Gasteiger partial charge in [-0.3, -0.25) is 19.0 Å². The fourth-order valence-corrected chi connectivity index (χ4v) is 4.92. The number of halogens is 5.